The van der Waals surface area contributed by atoms with Gasteiger partial charge in [0.15, 0.2) is 0 Å². The van der Waals surface area contributed by atoms with Crippen LogP contribution in [-0.2, 0) is 21.4 Å². The van der Waals surface area contributed by atoms with E-state index in [0.29, 0.717) is 25.9 Å². The van der Waals surface area contributed by atoms with Crippen LogP contribution in [0.25, 0.3) is 0 Å². The standard InChI is InChI=1S/C21H25BrN2O4S/c1-21(20(25)23-14-16-5-3-6-18(13-16)28-2)11-4-12-24(15-21)29(26,27)19-9-7-17(22)8-10-19/h3,5-10,13H,4,11-12,14-15H2,1-2H3,(H,23,25). The summed E-state index contributed by atoms with van der Waals surface area (Å²) in [6.45, 7) is 2.77. The number of halogens is 1. The predicted octanol–water partition coefficient (Wildman–Crippen LogP) is 3.56. The van der Waals surface area contributed by atoms with Crippen molar-refractivity contribution >= 4 is 31.9 Å². The largest absolute Gasteiger partial charge is 0.497 e. The normalized spacial score (nSPS) is 20.2. The highest BCUT2D eigenvalue weighted by molar-refractivity contribution is 9.10. The fraction of sp³-hybridized carbons (Fsp3) is 0.381. The van der Waals surface area contributed by atoms with E-state index in [1.54, 1.807) is 31.4 Å². The third-order valence-corrected chi connectivity index (χ3v) is 7.64. The molecule has 0 spiro atoms. The van der Waals surface area contributed by atoms with Crippen LogP contribution in [0.2, 0.25) is 0 Å². The summed E-state index contributed by atoms with van der Waals surface area (Å²) < 4.78 is 33.5. The molecule has 1 N–H and O–H groups in total. The lowest BCUT2D eigenvalue weighted by Gasteiger charge is -2.38. The molecule has 0 bridgehead atoms. The van der Waals surface area contributed by atoms with Gasteiger partial charge < -0.3 is 10.1 Å². The number of carbonyl (C=O) groups excluding carboxylic acids is 1. The summed E-state index contributed by atoms with van der Waals surface area (Å²) >= 11 is 3.32. The average molecular weight is 481 g/mol. The van der Waals surface area contributed by atoms with Crippen molar-refractivity contribution in [3.05, 3.63) is 58.6 Å². The van der Waals surface area contributed by atoms with Crippen LogP contribution >= 0.6 is 15.9 Å². The fourth-order valence-corrected chi connectivity index (χ4v) is 5.38. The number of sulfonamides is 1. The highest BCUT2D eigenvalue weighted by Crippen LogP contribution is 2.33. The highest BCUT2D eigenvalue weighted by atomic mass is 79.9. The van der Waals surface area contributed by atoms with E-state index >= 15 is 0 Å². The number of ether oxygens (including phenoxy) is 1. The minimum atomic E-state index is -3.64. The maximum absolute atomic E-state index is 13.0. The third-order valence-electron chi connectivity index (χ3n) is 5.25. The molecule has 1 heterocycles. The number of piperidine rings is 1. The topological polar surface area (TPSA) is 75.7 Å². The SMILES string of the molecule is COc1cccc(CNC(=O)C2(C)CCCN(S(=O)(=O)c3ccc(Br)cc3)C2)c1. The number of hydrogen-bond donors (Lipinski definition) is 1. The van der Waals surface area contributed by atoms with Gasteiger partial charge in [-0.1, -0.05) is 28.1 Å². The van der Waals surface area contributed by atoms with Crippen molar-refractivity contribution in [3.63, 3.8) is 0 Å². The van der Waals surface area contributed by atoms with E-state index in [2.05, 4.69) is 21.2 Å². The van der Waals surface area contributed by atoms with Crippen LogP contribution in [-0.4, -0.2) is 38.8 Å². The molecule has 1 amide bonds. The monoisotopic (exact) mass is 480 g/mol. The van der Waals surface area contributed by atoms with E-state index in [1.165, 1.54) is 4.31 Å². The Balaban J connectivity index is 1.70. The van der Waals surface area contributed by atoms with E-state index in [4.69, 9.17) is 4.74 Å². The van der Waals surface area contributed by atoms with Gasteiger partial charge >= 0.3 is 0 Å². The van der Waals surface area contributed by atoms with Gasteiger partial charge in [0, 0.05) is 24.1 Å². The minimum Gasteiger partial charge on any atom is -0.497 e. The molecular formula is C21H25BrN2O4S. The van der Waals surface area contributed by atoms with Crippen LogP contribution in [0.1, 0.15) is 25.3 Å². The van der Waals surface area contributed by atoms with Crippen LogP contribution in [0.15, 0.2) is 57.9 Å². The smallest absolute Gasteiger partial charge is 0.243 e. The second-order valence-electron chi connectivity index (χ2n) is 7.49. The van der Waals surface area contributed by atoms with Gasteiger partial charge in [0.1, 0.15) is 5.75 Å². The van der Waals surface area contributed by atoms with E-state index in [1.807, 2.05) is 31.2 Å². The molecule has 1 aliphatic rings. The van der Waals surface area contributed by atoms with Crippen LogP contribution < -0.4 is 10.1 Å². The summed E-state index contributed by atoms with van der Waals surface area (Å²) in [5, 5.41) is 2.96. The zero-order valence-electron chi connectivity index (χ0n) is 16.5. The third kappa shape index (κ3) is 4.99. The maximum atomic E-state index is 13.0. The second kappa shape index (κ2) is 8.85. The van der Waals surface area contributed by atoms with Crippen LogP contribution in [0.5, 0.6) is 5.75 Å². The van der Waals surface area contributed by atoms with E-state index in [9.17, 15) is 13.2 Å². The lowest BCUT2D eigenvalue weighted by Crippen LogP contribution is -2.51. The quantitative estimate of drug-likeness (QED) is 0.685. The molecule has 29 heavy (non-hydrogen) atoms. The van der Waals surface area contributed by atoms with Crippen molar-refractivity contribution in [3.8, 4) is 5.75 Å². The number of rotatable bonds is 6. The summed E-state index contributed by atoms with van der Waals surface area (Å²) in [5.74, 6) is 0.586. The van der Waals surface area contributed by atoms with Crippen molar-refractivity contribution in [2.24, 2.45) is 5.41 Å². The van der Waals surface area contributed by atoms with Crippen LogP contribution in [0, 0.1) is 5.41 Å². The van der Waals surface area contributed by atoms with Gasteiger partial charge in [-0.2, -0.15) is 4.31 Å². The first-order valence-electron chi connectivity index (χ1n) is 9.41. The first kappa shape index (κ1) is 21.8. The number of amides is 1. The number of hydrogen-bond acceptors (Lipinski definition) is 4. The molecule has 1 saturated heterocycles. The van der Waals surface area contributed by atoms with E-state index < -0.39 is 15.4 Å². The number of benzene rings is 2. The lowest BCUT2D eigenvalue weighted by atomic mass is 9.82. The molecule has 1 fully saturated rings. The first-order valence-corrected chi connectivity index (χ1v) is 11.6. The van der Waals surface area contributed by atoms with Gasteiger partial charge in [0.25, 0.3) is 0 Å². The Kier molecular flexibility index (Phi) is 6.65. The molecule has 8 heteroatoms. The molecule has 0 aliphatic carbocycles. The maximum Gasteiger partial charge on any atom is 0.243 e. The Labute approximate surface area is 180 Å². The Bertz CT molecular complexity index is 978. The molecular weight excluding hydrogens is 456 g/mol. The van der Waals surface area contributed by atoms with E-state index in [-0.39, 0.29) is 17.3 Å². The molecule has 6 nitrogen and oxygen atoms in total. The molecule has 2 aromatic carbocycles. The molecule has 0 aromatic heterocycles. The lowest BCUT2D eigenvalue weighted by molar-refractivity contribution is -0.132. The number of carbonyl (C=O) groups is 1. The predicted molar refractivity (Wildman–Crippen MR) is 115 cm³/mol. The van der Waals surface area contributed by atoms with Crippen molar-refractivity contribution < 1.29 is 17.9 Å². The van der Waals surface area contributed by atoms with Gasteiger partial charge in [-0.15, -0.1) is 0 Å². The van der Waals surface area contributed by atoms with Gasteiger partial charge in [-0.3, -0.25) is 4.79 Å². The van der Waals surface area contributed by atoms with Crippen LogP contribution in [0.3, 0.4) is 0 Å². The van der Waals surface area contributed by atoms with Crippen molar-refractivity contribution in [1.82, 2.24) is 9.62 Å². The summed E-state index contributed by atoms with van der Waals surface area (Å²) in [5.41, 5.74) is 0.149. The van der Waals surface area contributed by atoms with E-state index in [0.717, 1.165) is 15.8 Å². The molecule has 1 atom stereocenters. The highest BCUT2D eigenvalue weighted by Gasteiger charge is 2.41. The summed E-state index contributed by atoms with van der Waals surface area (Å²) in [7, 11) is -2.05. The summed E-state index contributed by atoms with van der Waals surface area (Å²) in [6, 6.07) is 14.1. The Morgan fingerprint density at radius 1 is 1.24 bits per heavy atom. The zero-order chi connectivity index (χ0) is 21.1. The Hall–Kier alpha value is -1.90. The molecule has 0 saturated carbocycles. The molecule has 3 rings (SSSR count). The zero-order valence-corrected chi connectivity index (χ0v) is 18.9. The Morgan fingerprint density at radius 3 is 2.66 bits per heavy atom. The molecule has 156 valence electrons. The minimum absolute atomic E-state index is 0.143. The number of nitrogens with zero attached hydrogens (tertiary/aromatic N) is 1. The first-order chi connectivity index (χ1) is 13.7. The summed E-state index contributed by atoms with van der Waals surface area (Å²) in [4.78, 5) is 13.2. The van der Waals surface area contributed by atoms with Crippen molar-refractivity contribution in [2.75, 3.05) is 20.2 Å². The van der Waals surface area contributed by atoms with Gasteiger partial charge in [-0.05, 0) is 61.7 Å². The Morgan fingerprint density at radius 2 is 1.97 bits per heavy atom. The van der Waals surface area contributed by atoms with Gasteiger partial charge in [0.2, 0.25) is 15.9 Å². The molecule has 1 aliphatic heterocycles. The van der Waals surface area contributed by atoms with Crippen molar-refractivity contribution in [1.29, 1.82) is 0 Å². The van der Waals surface area contributed by atoms with Crippen molar-refractivity contribution in [2.45, 2.75) is 31.2 Å². The molecule has 2 aromatic rings. The average Bonchev–Trinajstić information content (AvgIpc) is 2.72. The second-order valence-corrected chi connectivity index (χ2v) is 10.3. The molecule has 0 radical (unpaired) electrons. The van der Waals surface area contributed by atoms with Gasteiger partial charge in [0.05, 0.1) is 17.4 Å². The van der Waals surface area contributed by atoms with Gasteiger partial charge in [-0.25, -0.2) is 8.42 Å². The molecule has 1 unspecified atom stereocenters. The number of nitrogens with one attached hydrogen (secondary N) is 1. The van der Waals surface area contributed by atoms with Crippen LogP contribution in [0.4, 0.5) is 0 Å². The summed E-state index contributed by atoms with van der Waals surface area (Å²) in [6.07, 6.45) is 1.28. The fourth-order valence-electron chi connectivity index (χ4n) is 3.52. The number of methoxy groups -OCH3 is 1.